The summed E-state index contributed by atoms with van der Waals surface area (Å²) in [5.74, 6) is -0.888. The fraction of sp³-hybridized carbons (Fsp3) is 0.769. The Balaban J connectivity index is 2.56. The van der Waals surface area contributed by atoms with E-state index in [1.165, 1.54) is 4.90 Å². The Labute approximate surface area is 130 Å². The summed E-state index contributed by atoms with van der Waals surface area (Å²) in [6.07, 6.45) is 0.262. The normalized spacial score (nSPS) is 24.3. The minimum Gasteiger partial charge on any atom is -0.371 e. The SMILES string of the molecule is CNC(C)C(=O)NC(C)C(=O)NC1CCCN(C(=N)N)C1O. The van der Waals surface area contributed by atoms with Gasteiger partial charge in [-0.15, -0.1) is 0 Å². The Morgan fingerprint density at radius 3 is 2.50 bits per heavy atom. The Bertz CT molecular complexity index is 430. The second-order valence-electron chi connectivity index (χ2n) is 5.49. The molecule has 0 saturated carbocycles. The summed E-state index contributed by atoms with van der Waals surface area (Å²) in [7, 11) is 1.66. The summed E-state index contributed by atoms with van der Waals surface area (Å²) < 4.78 is 0. The number of amides is 2. The van der Waals surface area contributed by atoms with E-state index < -0.39 is 24.4 Å². The number of nitrogens with zero attached hydrogens (tertiary/aromatic N) is 1. The van der Waals surface area contributed by atoms with Crippen LogP contribution in [0, 0.1) is 5.41 Å². The van der Waals surface area contributed by atoms with Gasteiger partial charge < -0.3 is 31.7 Å². The number of hydrogen-bond donors (Lipinski definition) is 6. The molecule has 0 spiro atoms. The first kappa shape index (κ1) is 18.2. The molecule has 1 rings (SSSR count). The Morgan fingerprint density at radius 2 is 1.95 bits per heavy atom. The average Bonchev–Trinajstić information content (AvgIpc) is 2.47. The van der Waals surface area contributed by atoms with Gasteiger partial charge >= 0.3 is 0 Å². The maximum atomic E-state index is 12.1. The molecule has 0 aromatic rings. The smallest absolute Gasteiger partial charge is 0.242 e. The van der Waals surface area contributed by atoms with Crippen molar-refractivity contribution in [3.63, 3.8) is 0 Å². The van der Waals surface area contributed by atoms with Crippen LogP contribution in [0.1, 0.15) is 26.7 Å². The zero-order valence-electron chi connectivity index (χ0n) is 13.2. The summed E-state index contributed by atoms with van der Waals surface area (Å²) in [6, 6.07) is -1.64. The predicted molar refractivity (Wildman–Crippen MR) is 81.9 cm³/mol. The molecule has 1 fully saturated rings. The van der Waals surface area contributed by atoms with E-state index in [9.17, 15) is 14.7 Å². The van der Waals surface area contributed by atoms with Gasteiger partial charge in [0.05, 0.1) is 12.1 Å². The van der Waals surface area contributed by atoms with E-state index in [2.05, 4.69) is 16.0 Å². The average molecular weight is 314 g/mol. The fourth-order valence-corrected chi connectivity index (χ4v) is 2.23. The topological polar surface area (TPSA) is 144 Å². The Morgan fingerprint density at radius 1 is 1.32 bits per heavy atom. The van der Waals surface area contributed by atoms with Gasteiger partial charge in [-0.25, -0.2) is 0 Å². The second-order valence-corrected chi connectivity index (χ2v) is 5.49. The van der Waals surface area contributed by atoms with Crippen molar-refractivity contribution in [2.24, 2.45) is 5.73 Å². The number of carbonyl (C=O) groups is 2. The number of rotatable bonds is 5. The lowest BCUT2D eigenvalue weighted by molar-refractivity contribution is -0.131. The van der Waals surface area contributed by atoms with Gasteiger partial charge in [-0.3, -0.25) is 15.0 Å². The van der Waals surface area contributed by atoms with Crippen molar-refractivity contribution in [3.05, 3.63) is 0 Å². The van der Waals surface area contributed by atoms with Gasteiger partial charge in [0.1, 0.15) is 12.3 Å². The summed E-state index contributed by atoms with van der Waals surface area (Å²) in [6.45, 7) is 3.75. The molecule has 1 heterocycles. The van der Waals surface area contributed by atoms with Gasteiger partial charge in [-0.2, -0.15) is 0 Å². The lowest BCUT2D eigenvalue weighted by atomic mass is 10.0. The summed E-state index contributed by atoms with van der Waals surface area (Å²) >= 11 is 0. The van der Waals surface area contributed by atoms with E-state index in [-0.39, 0.29) is 17.8 Å². The third kappa shape index (κ3) is 4.57. The quantitative estimate of drug-likeness (QED) is 0.253. The van der Waals surface area contributed by atoms with Crippen molar-refractivity contribution in [1.82, 2.24) is 20.9 Å². The molecule has 0 aliphatic carbocycles. The highest BCUT2D eigenvalue weighted by molar-refractivity contribution is 5.89. The lowest BCUT2D eigenvalue weighted by Gasteiger charge is -2.38. The predicted octanol–water partition coefficient (Wildman–Crippen LogP) is -2.11. The minimum absolute atomic E-state index is 0.226. The Kier molecular flexibility index (Phi) is 6.57. The highest BCUT2D eigenvalue weighted by Crippen LogP contribution is 2.15. The van der Waals surface area contributed by atoms with Gasteiger partial charge in [0.15, 0.2) is 5.96 Å². The van der Waals surface area contributed by atoms with Crippen LogP contribution in [0.2, 0.25) is 0 Å². The van der Waals surface area contributed by atoms with Crippen molar-refractivity contribution >= 4 is 17.8 Å². The number of aliphatic hydroxyl groups is 1. The molecule has 0 aromatic heterocycles. The molecule has 7 N–H and O–H groups in total. The molecule has 22 heavy (non-hydrogen) atoms. The van der Waals surface area contributed by atoms with Gasteiger partial charge in [-0.05, 0) is 33.7 Å². The van der Waals surface area contributed by atoms with E-state index in [4.69, 9.17) is 11.1 Å². The number of nitrogens with two attached hydrogens (primary N) is 1. The molecule has 0 bridgehead atoms. The monoisotopic (exact) mass is 314 g/mol. The van der Waals surface area contributed by atoms with Crippen LogP contribution in [-0.2, 0) is 9.59 Å². The van der Waals surface area contributed by atoms with Gasteiger partial charge in [-0.1, -0.05) is 0 Å². The van der Waals surface area contributed by atoms with Crippen LogP contribution in [0.3, 0.4) is 0 Å². The van der Waals surface area contributed by atoms with E-state index in [0.29, 0.717) is 19.4 Å². The van der Waals surface area contributed by atoms with Crippen LogP contribution in [0.5, 0.6) is 0 Å². The van der Waals surface area contributed by atoms with Crippen LogP contribution >= 0.6 is 0 Å². The summed E-state index contributed by atoms with van der Waals surface area (Å²) in [5, 5.41) is 25.6. The standard InChI is InChI=1S/C13H26N6O3/c1-7(16-3)10(20)17-8(2)11(21)18-9-5-4-6-19(12(9)22)13(14)15/h7-9,12,16,22H,4-6H2,1-3H3,(H3,14,15)(H,17,20)(H,18,21). The molecular weight excluding hydrogens is 288 g/mol. The van der Waals surface area contributed by atoms with Crippen LogP contribution in [0.25, 0.3) is 0 Å². The van der Waals surface area contributed by atoms with Crippen molar-refractivity contribution < 1.29 is 14.7 Å². The largest absolute Gasteiger partial charge is 0.371 e. The molecule has 9 nitrogen and oxygen atoms in total. The van der Waals surface area contributed by atoms with E-state index in [0.717, 1.165) is 0 Å². The van der Waals surface area contributed by atoms with Gasteiger partial charge in [0, 0.05) is 6.54 Å². The van der Waals surface area contributed by atoms with Crippen molar-refractivity contribution in [2.75, 3.05) is 13.6 Å². The number of piperidine rings is 1. The fourth-order valence-electron chi connectivity index (χ4n) is 2.23. The molecule has 2 amide bonds. The van der Waals surface area contributed by atoms with Crippen LogP contribution < -0.4 is 21.7 Å². The second kappa shape index (κ2) is 7.95. The van der Waals surface area contributed by atoms with Crippen LogP contribution in [0.4, 0.5) is 0 Å². The van der Waals surface area contributed by atoms with Gasteiger partial charge in [0.25, 0.3) is 0 Å². The lowest BCUT2D eigenvalue weighted by Crippen LogP contribution is -2.60. The van der Waals surface area contributed by atoms with Crippen LogP contribution in [-0.4, -0.2) is 65.7 Å². The minimum atomic E-state index is -1.03. The number of carbonyl (C=O) groups excluding carboxylic acids is 2. The van der Waals surface area contributed by atoms with Crippen molar-refractivity contribution in [1.29, 1.82) is 5.41 Å². The zero-order chi connectivity index (χ0) is 16.9. The van der Waals surface area contributed by atoms with Crippen molar-refractivity contribution in [3.8, 4) is 0 Å². The van der Waals surface area contributed by atoms with Crippen LogP contribution in [0.15, 0.2) is 0 Å². The number of aliphatic hydroxyl groups excluding tert-OH is 1. The molecule has 0 aromatic carbocycles. The molecule has 126 valence electrons. The number of likely N-dealkylation sites (tertiary alicyclic amines) is 1. The number of likely N-dealkylation sites (N-methyl/N-ethyl adjacent to an activating group) is 1. The third-order valence-electron chi connectivity index (χ3n) is 3.81. The highest BCUT2D eigenvalue weighted by atomic mass is 16.3. The summed E-state index contributed by atoms with van der Waals surface area (Å²) in [5.41, 5.74) is 5.40. The van der Waals surface area contributed by atoms with Crippen molar-refractivity contribution in [2.45, 2.75) is 51.0 Å². The molecule has 4 atom stereocenters. The zero-order valence-corrected chi connectivity index (χ0v) is 13.2. The Hall–Kier alpha value is -1.87. The maximum absolute atomic E-state index is 12.1. The third-order valence-corrected chi connectivity index (χ3v) is 3.81. The number of hydrogen-bond acceptors (Lipinski definition) is 5. The number of nitrogens with one attached hydrogen (secondary N) is 4. The molecule has 1 saturated heterocycles. The molecule has 0 radical (unpaired) electrons. The van der Waals surface area contributed by atoms with E-state index >= 15 is 0 Å². The van der Waals surface area contributed by atoms with Gasteiger partial charge in [0.2, 0.25) is 11.8 Å². The molecular formula is C13H26N6O3. The van der Waals surface area contributed by atoms with E-state index in [1.54, 1.807) is 20.9 Å². The summed E-state index contributed by atoms with van der Waals surface area (Å²) in [4.78, 5) is 25.2. The molecule has 4 unspecified atom stereocenters. The maximum Gasteiger partial charge on any atom is 0.242 e. The number of guanidine groups is 1. The first-order chi connectivity index (χ1) is 10.3. The van der Waals surface area contributed by atoms with E-state index in [1.807, 2.05) is 0 Å². The molecule has 1 aliphatic heterocycles. The molecule has 1 aliphatic rings. The molecule has 9 heteroatoms. The first-order valence-electron chi connectivity index (χ1n) is 7.34. The first-order valence-corrected chi connectivity index (χ1v) is 7.34. The highest BCUT2D eigenvalue weighted by Gasteiger charge is 2.32.